The molecule has 1 aromatic rings. The van der Waals surface area contributed by atoms with Crippen LogP contribution in [0.25, 0.3) is 0 Å². The van der Waals surface area contributed by atoms with E-state index in [4.69, 9.17) is 9.47 Å². The van der Waals surface area contributed by atoms with E-state index in [1.165, 1.54) is 11.3 Å². The minimum atomic E-state index is 0.746. The van der Waals surface area contributed by atoms with Gasteiger partial charge in [0.1, 0.15) is 0 Å². The maximum atomic E-state index is 5.78. The summed E-state index contributed by atoms with van der Waals surface area (Å²) in [5.74, 6) is 3.97. The second kappa shape index (κ2) is 9.98. The number of nitrogens with one attached hydrogen (secondary N) is 1. The molecule has 1 rings (SSSR count). The number of benzene rings is 1. The van der Waals surface area contributed by atoms with Gasteiger partial charge in [-0.2, -0.15) is 11.8 Å². The molecule has 4 heteroatoms. The van der Waals surface area contributed by atoms with E-state index in [1.807, 2.05) is 23.9 Å². The zero-order valence-electron chi connectivity index (χ0n) is 12.2. The van der Waals surface area contributed by atoms with Crippen LogP contribution in [-0.4, -0.2) is 31.8 Å². The van der Waals surface area contributed by atoms with Crippen LogP contribution in [0.15, 0.2) is 18.2 Å². The third kappa shape index (κ3) is 6.21. The van der Waals surface area contributed by atoms with Gasteiger partial charge in [0.05, 0.1) is 13.7 Å². The highest BCUT2D eigenvalue weighted by Gasteiger charge is 2.05. The molecule has 0 aliphatic rings. The third-order valence-corrected chi connectivity index (χ3v) is 3.69. The van der Waals surface area contributed by atoms with E-state index in [1.54, 1.807) is 7.11 Å². The van der Waals surface area contributed by atoms with Crippen LogP contribution in [0.2, 0.25) is 0 Å². The number of methoxy groups -OCH3 is 1. The van der Waals surface area contributed by atoms with Crippen LogP contribution >= 0.6 is 11.8 Å². The van der Waals surface area contributed by atoms with Crippen molar-refractivity contribution in [1.82, 2.24) is 5.32 Å². The number of hydrogen-bond donors (Lipinski definition) is 1. The largest absolute Gasteiger partial charge is 0.493 e. The van der Waals surface area contributed by atoms with E-state index in [2.05, 4.69) is 25.2 Å². The van der Waals surface area contributed by atoms with Crippen molar-refractivity contribution in [2.75, 3.05) is 31.8 Å². The molecule has 19 heavy (non-hydrogen) atoms. The second-order valence-corrected chi connectivity index (χ2v) is 5.56. The summed E-state index contributed by atoms with van der Waals surface area (Å²) >= 11 is 1.95. The highest BCUT2D eigenvalue weighted by molar-refractivity contribution is 7.99. The predicted molar refractivity (Wildman–Crippen MR) is 83.5 cm³/mol. The van der Waals surface area contributed by atoms with Gasteiger partial charge in [-0.25, -0.2) is 0 Å². The van der Waals surface area contributed by atoms with Crippen molar-refractivity contribution in [3.05, 3.63) is 23.8 Å². The Balaban J connectivity index is 2.48. The van der Waals surface area contributed by atoms with Gasteiger partial charge in [0, 0.05) is 6.54 Å². The zero-order chi connectivity index (χ0) is 13.9. The molecule has 1 aromatic carbocycles. The first-order valence-corrected chi connectivity index (χ1v) is 8.05. The fourth-order valence-corrected chi connectivity index (χ4v) is 2.31. The molecule has 0 aromatic heterocycles. The molecule has 0 heterocycles. The van der Waals surface area contributed by atoms with Gasteiger partial charge in [0.15, 0.2) is 11.5 Å². The van der Waals surface area contributed by atoms with E-state index < -0.39 is 0 Å². The van der Waals surface area contributed by atoms with Crippen LogP contribution in [0.3, 0.4) is 0 Å². The van der Waals surface area contributed by atoms with Crippen molar-refractivity contribution in [3.8, 4) is 11.5 Å². The number of thioether (sulfide) groups is 1. The molecule has 0 unspecified atom stereocenters. The summed E-state index contributed by atoms with van der Waals surface area (Å²) in [6, 6.07) is 6.12. The van der Waals surface area contributed by atoms with Crippen molar-refractivity contribution in [2.45, 2.75) is 26.8 Å². The first kappa shape index (κ1) is 16.2. The summed E-state index contributed by atoms with van der Waals surface area (Å²) in [7, 11) is 1.69. The Kier molecular flexibility index (Phi) is 8.50. The summed E-state index contributed by atoms with van der Waals surface area (Å²) in [5, 5.41) is 3.30. The van der Waals surface area contributed by atoms with Crippen LogP contribution in [0.4, 0.5) is 0 Å². The normalized spacial score (nSPS) is 10.5. The summed E-state index contributed by atoms with van der Waals surface area (Å²) in [6.45, 7) is 6.85. The number of hydrogen-bond acceptors (Lipinski definition) is 4. The second-order valence-electron chi connectivity index (χ2n) is 4.16. The number of rotatable bonds is 10. The van der Waals surface area contributed by atoms with E-state index in [0.717, 1.165) is 43.4 Å². The Labute approximate surface area is 121 Å². The maximum Gasteiger partial charge on any atom is 0.161 e. The van der Waals surface area contributed by atoms with E-state index in [0.29, 0.717) is 0 Å². The highest BCUT2D eigenvalue weighted by atomic mass is 32.2. The monoisotopic (exact) mass is 283 g/mol. The molecule has 1 N–H and O–H groups in total. The molecule has 3 nitrogen and oxygen atoms in total. The Hall–Kier alpha value is -0.870. The Bertz CT molecular complexity index is 358. The summed E-state index contributed by atoms with van der Waals surface area (Å²) in [4.78, 5) is 0. The van der Waals surface area contributed by atoms with Crippen LogP contribution in [-0.2, 0) is 6.54 Å². The first-order valence-electron chi connectivity index (χ1n) is 6.90. The standard InChI is InChI=1S/C15H25NO2S/c1-4-16-12-13-7-8-14(15(11-13)17-3)18-9-6-10-19-5-2/h7-8,11,16H,4-6,9-10,12H2,1-3H3. The van der Waals surface area contributed by atoms with Crippen LogP contribution in [0.1, 0.15) is 25.8 Å². The van der Waals surface area contributed by atoms with Crippen molar-refractivity contribution >= 4 is 11.8 Å². The topological polar surface area (TPSA) is 30.5 Å². The molecule has 0 spiro atoms. The fraction of sp³-hybridized carbons (Fsp3) is 0.600. The van der Waals surface area contributed by atoms with Crippen LogP contribution < -0.4 is 14.8 Å². The lowest BCUT2D eigenvalue weighted by Gasteiger charge is -2.12. The molecule has 0 bridgehead atoms. The summed E-state index contributed by atoms with van der Waals surface area (Å²) < 4.78 is 11.2. The lowest BCUT2D eigenvalue weighted by molar-refractivity contribution is 0.295. The fourth-order valence-electron chi connectivity index (χ4n) is 1.70. The molecule has 0 saturated heterocycles. The van der Waals surface area contributed by atoms with Gasteiger partial charge in [-0.05, 0) is 42.2 Å². The lowest BCUT2D eigenvalue weighted by Crippen LogP contribution is -2.11. The Morgan fingerprint density at radius 1 is 1.21 bits per heavy atom. The van der Waals surface area contributed by atoms with Gasteiger partial charge in [0.25, 0.3) is 0 Å². The number of ether oxygens (including phenoxy) is 2. The molecule has 0 fully saturated rings. The average Bonchev–Trinajstić information content (AvgIpc) is 2.45. The summed E-state index contributed by atoms with van der Waals surface area (Å²) in [6.07, 6.45) is 1.07. The van der Waals surface area contributed by atoms with Gasteiger partial charge < -0.3 is 14.8 Å². The molecule has 0 radical (unpaired) electrons. The van der Waals surface area contributed by atoms with E-state index in [-0.39, 0.29) is 0 Å². The molecule has 0 amide bonds. The Morgan fingerprint density at radius 2 is 2.05 bits per heavy atom. The molecule has 0 saturated carbocycles. The summed E-state index contributed by atoms with van der Waals surface area (Å²) in [5.41, 5.74) is 1.22. The van der Waals surface area contributed by atoms with Gasteiger partial charge >= 0.3 is 0 Å². The lowest BCUT2D eigenvalue weighted by atomic mass is 10.2. The molecular formula is C15H25NO2S. The van der Waals surface area contributed by atoms with Crippen molar-refractivity contribution in [2.24, 2.45) is 0 Å². The average molecular weight is 283 g/mol. The first-order chi connectivity index (χ1) is 9.31. The maximum absolute atomic E-state index is 5.78. The van der Waals surface area contributed by atoms with Crippen molar-refractivity contribution in [1.29, 1.82) is 0 Å². The molecule has 0 atom stereocenters. The predicted octanol–water partition coefficient (Wildman–Crippen LogP) is 3.33. The highest BCUT2D eigenvalue weighted by Crippen LogP contribution is 2.28. The molecular weight excluding hydrogens is 258 g/mol. The Morgan fingerprint density at radius 3 is 2.74 bits per heavy atom. The van der Waals surface area contributed by atoms with Gasteiger partial charge in [-0.15, -0.1) is 0 Å². The zero-order valence-corrected chi connectivity index (χ0v) is 13.0. The molecule has 0 aliphatic carbocycles. The van der Waals surface area contributed by atoms with Gasteiger partial charge in [-0.3, -0.25) is 0 Å². The van der Waals surface area contributed by atoms with E-state index >= 15 is 0 Å². The molecule has 108 valence electrons. The quantitative estimate of drug-likeness (QED) is 0.667. The van der Waals surface area contributed by atoms with Gasteiger partial charge in [0.2, 0.25) is 0 Å². The van der Waals surface area contributed by atoms with Gasteiger partial charge in [-0.1, -0.05) is 19.9 Å². The van der Waals surface area contributed by atoms with Crippen LogP contribution in [0.5, 0.6) is 11.5 Å². The van der Waals surface area contributed by atoms with E-state index in [9.17, 15) is 0 Å². The molecule has 0 aliphatic heterocycles. The van der Waals surface area contributed by atoms with Crippen LogP contribution in [0, 0.1) is 0 Å². The smallest absolute Gasteiger partial charge is 0.161 e. The minimum Gasteiger partial charge on any atom is -0.493 e. The SMILES string of the molecule is CCNCc1ccc(OCCCSCC)c(OC)c1. The third-order valence-electron chi connectivity index (χ3n) is 2.70. The van der Waals surface area contributed by atoms with Crippen molar-refractivity contribution < 1.29 is 9.47 Å². The van der Waals surface area contributed by atoms with Crippen molar-refractivity contribution in [3.63, 3.8) is 0 Å². The minimum absolute atomic E-state index is 0.746.